The van der Waals surface area contributed by atoms with Crippen LogP contribution in [0, 0.1) is 10.1 Å². The Labute approximate surface area is 146 Å². The highest BCUT2D eigenvalue weighted by Crippen LogP contribution is 2.19. The molecule has 0 aliphatic rings. The molecule has 7 heteroatoms. The van der Waals surface area contributed by atoms with Gasteiger partial charge in [-0.2, -0.15) is 0 Å². The van der Waals surface area contributed by atoms with Gasteiger partial charge in [0.05, 0.1) is 18.6 Å². The van der Waals surface area contributed by atoms with Crippen LogP contribution in [-0.4, -0.2) is 43.5 Å². The number of amides is 1. The molecule has 0 aromatic heterocycles. The van der Waals surface area contributed by atoms with Crippen molar-refractivity contribution in [3.8, 4) is 5.75 Å². The quantitative estimate of drug-likeness (QED) is 0.571. The first-order chi connectivity index (χ1) is 11.9. The first-order valence-electron chi connectivity index (χ1n) is 7.73. The molecule has 0 heterocycles. The smallest absolute Gasteiger partial charge is 0.269 e. The van der Waals surface area contributed by atoms with Crippen molar-refractivity contribution in [1.29, 1.82) is 0 Å². The highest BCUT2D eigenvalue weighted by molar-refractivity contribution is 5.94. The van der Waals surface area contributed by atoms with E-state index >= 15 is 0 Å². The van der Waals surface area contributed by atoms with Gasteiger partial charge in [0.15, 0.2) is 0 Å². The van der Waals surface area contributed by atoms with E-state index in [1.807, 2.05) is 36.2 Å². The summed E-state index contributed by atoms with van der Waals surface area (Å²) in [5.74, 6) is 0.699. The molecule has 0 unspecified atom stereocenters. The Kier molecular flexibility index (Phi) is 6.08. The molecule has 0 aliphatic carbocycles. The van der Waals surface area contributed by atoms with Gasteiger partial charge in [0.2, 0.25) is 5.91 Å². The summed E-state index contributed by atoms with van der Waals surface area (Å²) in [7, 11) is 5.14. The second-order valence-electron chi connectivity index (χ2n) is 5.75. The standard InChI is InChI=1S/C18H21N3O4/c1-19(12-14-4-10-17(25-3)11-5-14)13-18(22)20(2)15-6-8-16(9-7-15)21(23)24/h4-11H,12-13H2,1-3H3. The number of likely N-dealkylation sites (N-methyl/N-ethyl adjacent to an activating group) is 2. The summed E-state index contributed by atoms with van der Waals surface area (Å²) in [5, 5.41) is 10.7. The molecule has 0 atom stereocenters. The second-order valence-corrected chi connectivity index (χ2v) is 5.75. The number of anilines is 1. The highest BCUT2D eigenvalue weighted by Gasteiger charge is 2.15. The molecule has 2 rings (SSSR count). The number of nitro benzene ring substituents is 1. The number of nitro groups is 1. The van der Waals surface area contributed by atoms with Gasteiger partial charge in [0, 0.05) is 31.4 Å². The molecule has 132 valence electrons. The Bertz CT molecular complexity index is 729. The molecule has 25 heavy (non-hydrogen) atoms. The van der Waals surface area contributed by atoms with Crippen molar-refractivity contribution in [3.05, 3.63) is 64.2 Å². The normalized spacial score (nSPS) is 10.6. The molecule has 0 fully saturated rings. The van der Waals surface area contributed by atoms with Gasteiger partial charge in [0.1, 0.15) is 5.75 Å². The first kappa shape index (κ1) is 18.4. The number of non-ortho nitro benzene ring substituents is 1. The van der Waals surface area contributed by atoms with Gasteiger partial charge in [-0.1, -0.05) is 12.1 Å². The number of ether oxygens (including phenoxy) is 1. The first-order valence-corrected chi connectivity index (χ1v) is 7.73. The van der Waals surface area contributed by atoms with E-state index in [2.05, 4.69) is 0 Å². The van der Waals surface area contributed by atoms with Crippen molar-refractivity contribution < 1.29 is 14.5 Å². The van der Waals surface area contributed by atoms with E-state index in [1.165, 1.54) is 17.0 Å². The number of hydrogen-bond acceptors (Lipinski definition) is 5. The van der Waals surface area contributed by atoms with Crippen molar-refractivity contribution in [3.63, 3.8) is 0 Å². The number of methoxy groups -OCH3 is 1. The van der Waals surface area contributed by atoms with Crippen LogP contribution < -0.4 is 9.64 Å². The van der Waals surface area contributed by atoms with Crippen LogP contribution in [0.1, 0.15) is 5.56 Å². The number of hydrogen-bond donors (Lipinski definition) is 0. The fourth-order valence-corrected chi connectivity index (χ4v) is 2.38. The average molecular weight is 343 g/mol. The van der Waals surface area contributed by atoms with E-state index < -0.39 is 4.92 Å². The maximum absolute atomic E-state index is 12.4. The van der Waals surface area contributed by atoms with Crippen LogP contribution in [0.2, 0.25) is 0 Å². The van der Waals surface area contributed by atoms with Gasteiger partial charge >= 0.3 is 0 Å². The maximum Gasteiger partial charge on any atom is 0.269 e. The van der Waals surface area contributed by atoms with E-state index in [9.17, 15) is 14.9 Å². The Hall–Kier alpha value is -2.93. The largest absolute Gasteiger partial charge is 0.497 e. The Balaban J connectivity index is 1.93. The summed E-state index contributed by atoms with van der Waals surface area (Å²) in [4.78, 5) is 26.0. The molecule has 2 aromatic rings. The molecule has 0 saturated heterocycles. The van der Waals surface area contributed by atoms with Gasteiger partial charge in [0.25, 0.3) is 5.69 Å². The van der Waals surface area contributed by atoms with Gasteiger partial charge in [-0.15, -0.1) is 0 Å². The highest BCUT2D eigenvalue weighted by atomic mass is 16.6. The minimum Gasteiger partial charge on any atom is -0.497 e. The third-order valence-corrected chi connectivity index (χ3v) is 3.84. The lowest BCUT2D eigenvalue weighted by atomic mass is 10.2. The van der Waals surface area contributed by atoms with Crippen LogP contribution in [0.3, 0.4) is 0 Å². The summed E-state index contributed by atoms with van der Waals surface area (Å²) < 4.78 is 5.13. The van der Waals surface area contributed by atoms with Crippen molar-refractivity contribution in [1.82, 2.24) is 4.90 Å². The molecule has 1 amide bonds. The molecule has 2 aromatic carbocycles. The zero-order valence-corrected chi connectivity index (χ0v) is 14.5. The fourth-order valence-electron chi connectivity index (χ4n) is 2.38. The van der Waals surface area contributed by atoms with Crippen molar-refractivity contribution in [2.75, 3.05) is 32.6 Å². The second kappa shape index (κ2) is 8.25. The maximum atomic E-state index is 12.4. The number of nitrogens with zero attached hydrogens (tertiary/aromatic N) is 3. The predicted molar refractivity (Wildman–Crippen MR) is 95.8 cm³/mol. The SMILES string of the molecule is COc1ccc(CN(C)CC(=O)N(C)c2ccc([N+](=O)[O-])cc2)cc1. The molecule has 0 aliphatic heterocycles. The summed E-state index contributed by atoms with van der Waals surface area (Å²) in [6.07, 6.45) is 0. The fraction of sp³-hybridized carbons (Fsp3) is 0.278. The Morgan fingerprint density at radius 1 is 1.08 bits per heavy atom. The van der Waals surface area contributed by atoms with Crippen LogP contribution in [0.5, 0.6) is 5.75 Å². The van der Waals surface area contributed by atoms with Crippen LogP contribution in [0.4, 0.5) is 11.4 Å². The molecular formula is C18H21N3O4. The minimum absolute atomic E-state index is 0.00113. The summed E-state index contributed by atoms with van der Waals surface area (Å²) in [6.45, 7) is 0.864. The molecule has 0 radical (unpaired) electrons. The zero-order valence-electron chi connectivity index (χ0n) is 14.5. The average Bonchev–Trinajstić information content (AvgIpc) is 2.61. The molecular weight excluding hydrogens is 322 g/mol. The number of carbonyl (C=O) groups is 1. The lowest BCUT2D eigenvalue weighted by molar-refractivity contribution is -0.384. The van der Waals surface area contributed by atoms with E-state index in [1.54, 1.807) is 26.3 Å². The lowest BCUT2D eigenvalue weighted by Gasteiger charge is -2.22. The molecule has 7 nitrogen and oxygen atoms in total. The predicted octanol–water partition coefficient (Wildman–Crippen LogP) is 2.70. The van der Waals surface area contributed by atoms with E-state index in [4.69, 9.17) is 4.74 Å². The summed E-state index contributed by atoms with van der Waals surface area (Å²) >= 11 is 0. The monoisotopic (exact) mass is 343 g/mol. The van der Waals surface area contributed by atoms with Crippen LogP contribution >= 0.6 is 0 Å². The third kappa shape index (κ3) is 5.02. The van der Waals surface area contributed by atoms with Gasteiger partial charge in [-0.3, -0.25) is 19.8 Å². The van der Waals surface area contributed by atoms with E-state index in [0.29, 0.717) is 12.2 Å². The number of benzene rings is 2. The van der Waals surface area contributed by atoms with Crippen molar-refractivity contribution in [2.24, 2.45) is 0 Å². The minimum atomic E-state index is -0.464. The van der Waals surface area contributed by atoms with Gasteiger partial charge in [-0.05, 0) is 36.9 Å². The van der Waals surface area contributed by atoms with Gasteiger partial charge < -0.3 is 9.64 Å². The number of rotatable bonds is 7. The van der Waals surface area contributed by atoms with E-state index in [-0.39, 0.29) is 18.1 Å². The lowest BCUT2D eigenvalue weighted by Crippen LogP contribution is -2.36. The molecule has 0 N–H and O–H groups in total. The molecule has 0 saturated carbocycles. The van der Waals surface area contributed by atoms with E-state index in [0.717, 1.165) is 11.3 Å². The van der Waals surface area contributed by atoms with Crippen molar-refractivity contribution in [2.45, 2.75) is 6.54 Å². The topological polar surface area (TPSA) is 75.9 Å². The molecule has 0 spiro atoms. The van der Waals surface area contributed by atoms with Gasteiger partial charge in [-0.25, -0.2) is 0 Å². The zero-order chi connectivity index (χ0) is 18.4. The molecule has 0 bridgehead atoms. The Morgan fingerprint density at radius 2 is 1.68 bits per heavy atom. The third-order valence-electron chi connectivity index (χ3n) is 3.84. The van der Waals surface area contributed by atoms with Crippen LogP contribution in [-0.2, 0) is 11.3 Å². The van der Waals surface area contributed by atoms with Crippen LogP contribution in [0.15, 0.2) is 48.5 Å². The van der Waals surface area contributed by atoms with Crippen LogP contribution in [0.25, 0.3) is 0 Å². The van der Waals surface area contributed by atoms with Crippen molar-refractivity contribution >= 4 is 17.3 Å². The number of carbonyl (C=O) groups excluding carboxylic acids is 1. The Morgan fingerprint density at radius 3 is 2.20 bits per heavy atom. The summed E-state index contributed by atoms with van der Waals surface area (Å²) in [6, 6.07) is 13.6. The summed E-state index contributed by atoms with van der Waals surface area (Å²) in [5.41, 5.74) is 1.70.